The molecule has 1 aromatic heterocycles. The number of hydrogen-bond acceptors (Lipinski definition) is 4. The van der Waals surface area contributed by atoms with Crippen LogP contribution in [-0.4, -0.2) is 30.2 Å². The molecule has 0 unspecified atom stereocenters. The van der Waals surface area contributed by atoms with Crippen molar-refractivity contribution in [2.24, 2.45) is 0 Å². The van der Waals surface area contributed by atoms with Crippen LogP contribution in [-0.2, 0) is 4.74 Å². The molecule has 0 saturated carbocycles. The number of benzene rings is 1. The second kappa shape index (κ2) is 6.29. The quantitative estimate of drug-likeness (QED) is 0.908. The van der Waals surface area contributed by atoms with E-state index in [1.54, 1.807) is 6.07 Å². The Labute approximate surface area is 131 Å². The van der Waals surface area contributed by atoms with E-state index in [1.165, 1.54) is 22.8 Å². The van der Waals surface area contributed by atoms with E-state index < -0.39 is 5.97 Å². The number of amides is 1. The van der Waals surface area contributed by atoms with E-state index in [2.05, 4.69) is 5.32 Å². The molecule has 114 valence electrons. The summed E-state index contributed by atoms with van der Waals surface area (Å²) < 4.78 is 5.38. The van der Waals surface area contributed by atoms with E-state index in [-0.39, 0.29) is 11.5 Å². The molecular formula is C16H15NO4S. The molecule has 1 fully saturated rings. The summed E-state index contributed by atoms with van der Waals surface area (Å²) in [4.78, 5) is 23.1. The number of ether oxygens (including phenoxy) is 1. The summed E-state index contributed by atoms with van der Waals surface area (Å²) in [5.41, 5.74) is 1.84. The number of anilines is 1. The molecule has 1 amide bonds. The minimum absolute atomic E-state index is 0.178. The molecule has 1 aliphatic rings. The van der Waals surface area contributed by atoms with Crippen molar-refractivity contribution < 1.29 is 19.4 Å². The first-order valence-corrected chi connectivity index (χ1v) is 7.82. The van der Waals surface area contributed by atoms with Crippen molar-refractivity contribution >= 4 is 28.2 Å². The Hall–Kier alpha value is -2.18. The van der Waals surface area contributed by atoms with E-state index in [0.29, 0.717) is 23.1 Å². The first-order chi connectivity index (χ1) is 10.6. The molecular weight excluding hydrogens is 302 g/mol. The van der Waals surface area contributed by atoms with Gasteiger partial charge in [0.1, 0.15) is 0 Å². The number of carbonyl (C=O) groups is 2. The molecule has 2 heterocycles. The van der Waals surface area contributed by atoms with Crippen LogP contribution in [0.4, 0.5) is 5.00 Å². The van der Waals surface area contributed by atoms with Gasteiger partial charge in [0, 0.05) is 23.5 Å². The van der Waals surface area contributed by atoms with Crippen LogP contribution in [0.5, 0.6) is 0 Å². The first-order valence-electron chi connectivity index (χ1n) is 6.94. The van der Waals surface area contributed by atoms with Gasteiger partial charge in [-0.15, -0.1) is 11.3 Å². The molecule has 3 rings (SSSR count). The second-order valence-electron chi connectivity index (χ2n) is 5.14. The van der Waals surface area contributed by atoms with Crippen molar-refractivity contribution in [1.29, 1.82) is 0 Å². The fourth-order valence-electron chi connectivity index (χ4n) is 2.43. The van der Waals surface area contributed by atoms with Gasteiger partial charge in [0.25, 0.3) is 5.91 Å². The molecule has 5 nitrogen and oxygen atoms in total. The molecule has 0 radical (unpaired) electrons. The van der Waals surface area contributed by atoms with Crippen molar-refractivity contribution in [3.05, 3.63) is 52.4 Å². The maximum atomic E-state index is 12.3. The maximum absolute atomic E-state index is 12.3. The van der Waals surface area contributed by atoms with E-state index >= 15 is 0 Å². The first kappa shape index (κ1) is 14.7. The Morgan fingerprint density at radius 3 is 2.82 bits per heavy atom. The Bertz CT molecular complexity index is 704. The van der Waals surface area contributed by atoms with Crippen LogP contribution in [0.3, 0.4) is 0 Å². The van der Waals surface area contributed by atoms with Crippen molar-refractivity contribution in [1.82, 2.24) is 0 Å². The van der Waals surface area contributed by atoms with Crippen LogP contribution >= 0.6 is 11.3 Å². The van der Waals surface area contributed by atoms with Gasteiger partial charge in [-0.25, -0.2) is 4.79 Å². The summed E-state index contributed by atoms with van der Waals surface area (Å²) in [5, 5.41) is 13.7. The lowest BCUT2D eigenvalue weighted by atomic mass is 9.96. The van der Waals surface area contributed by atoms with Crippen molar-refractivity contribution in [3.63, 3.8) is 0 Å². The zero-order chi connectivity index (χ0) is 15.5. The van der Waals surface area contributed by atoms with Crippen molar-refractivity contribution in [2.45, 2.75) is 12.3 Å². The molecule has 0 aliphatic carbocycles. The average Bonchev–Trinajstić information content (AvgIpc) is 3.19. The maximum Gasteiger partial charge on any atom is 0.336 e. The number of rotatable bonds is 4. The summed E-state index contributed by atoms with van der Waals surface area (Å²) in [6, 6.07) is 8.95. The standard InChI is InChI=1S/C16H15NO4S/c18-15(17-14-7-13(9-22-14)16(19)20)11-3-1-2-10(6-11)12-4-5-21-8-12/h1-3,6-7,9,12H,4-5,8H2,(H,17,18)(H,19,20)/t12-/m0/s1. The zero-order valence-corrected chi connectivity index (χ0v) is 12.6. The highest BCUT2D eigenvalue weighted by molar-refractivity contribution is 7.14. The van der Waals surface area contributed by atoms with Gasteiger partial charge in [-0.05, 0) is 30.2 Å². The topological polar surface area (TPSA) is 75.6 Å². The SMILES string of the molecule is O=C(O)c1csc(NC(=O)c2cccc([C@H]3CCOC3)c2)c1. The third-order valence-corrected chi connectivity index (χ3v) is 4.48. The summed E-state index contributed by atoms with van der Waals surface area (Å²) in [5.74, 6) is -0.896. The predicted octanol–water partition coefficient (Wildman–Crippen LogP) is 3.20. The molecule has 0 bridgehead atoms. The van der Waals surface area contributed by atoms with Crippen LogP contribution < -0.4 is 5.32 Å². The summed E-state index contributed by atoms with van der Waals surface area (Å²) in [6.45, 7) is 1.45. The summed E-state index contributed by atoms with van der Waals surface area (Å²) in [6.07, 6.45) is 0.970. The van der Waals surface area contributed by atoms with Gasteiger partial charge in [-0.2, -0.15) is 0 Å². The number of thiophene rings is 1. The molecule has 1 atom stereocenters. The van der Waals surface area contributed by atoms with E-state index in [9.17, 15) is 9.59 Å². The largest absolute Gasteiger partial charge is 0.478 e. The van der Waals surface area contributed by atoms with Crippen molar-refractivity contribution in [2.75, 3.05) is 18.5 Å². The monoisotopic (exact) mass is 317 g/mol. The van der Waals surface area contributed by atoms with Crippen LogP contribution in [0.2, 0.25) is 0 Å². The van der Waals surface area contributed by atoms with E-state index in [1.807, 2.05) is 18.2 Å². The summed E-state index contributed by atoms with van der Waals surface area (Å²) >= 11 is 1.20. The highest BCUT2D eigenvalue weighted by Crippen LogP contribution is 2.26. The lowest BCUT2D eigenvalue weighted by molar-refractivity contribution is 0.0697. The van der Waals surface area contributed by atoms with Gasteiger partial charge in [-0.1, -0.05) is 12.1 Å². The number of carboxylic acids is 1. The Kier molecular flexibility index (Phi) is 4.22. The lowest BCUT2D eigenvalue weighted by Gasteiger charge is -2.10. The van der Waals surface area contributed by atoms with Crippen LogP contribution in [0, 0.1) is 0 Å². The normalized spacial score (nSPS) is 17.4. The van der Waals surface area contributed by atoms with Gasteiger partial charge < -0.3 is 15.2 Å². The van der Waals surface area contributed by atoms with E-state index in [0.717, 1.165) is 18.6 Å². The third-order valence-electron chi connectivity index (χ3n) is 3.63. The van der Waals surface area contributed by atoms with Gasteiger partial charge in [-0.3, -0.25) is 4.79 Å². The van der Waals surface area contributed by atoms with Gasteiger partial charge in [0.05, 0.1) is 17.2 Å². The Morgan fingerprint density at radius 2 is 2.14 bits per heavy atom. The van der Waals surface area contributed by atoms with Gasteiger partial charge >= 0.3 is 5.97 Å². The molecule has 22 heavy (non-hydrogen) atoms. The second-order valence-corrected chi connectivity index (χ2v) is 6.06. The number of aromatic carboxylic acids is 1. The molecule has 1 aromatic carbocycles. The van der Waals surface area contributed by atoms with Crippen molar-refractivity contribution in [3.8, 4) is 0 Å². The number of carbonyl (C=O) groups excluding carboxylic acids is 1. The number of nitrogens with one attached hydrogen (secondary N) is 1. The minimum atomic E-state index is -1.00. The minimum Gasteiger partial charge on any atom is -0.478 e. The highest BCUT2D eigenvalue weighted by atomic mass is 32.1. The van der Waals surface area contributed by atoms with Crippen LogP contribution in [0.1, 0.15) is 38.6 Å². The van der Waals surface area contributed by atoms with Gasteiger partial charge in [0.15, 0.2) is 0 Å². The molecule has 6 heteroatoms. The summed E-state index contributed by atoms with van der Waals surface area (Å²) in [7, 11) is 0. The third kappa shape index (κ3) is 3.18. The average molecular weight is 317 g/mol. The number of hydrogen-bond donors (Lipinski definition) is 2. The molecule has 2 aromatic rings. The fraction of sp³-hybridized carbons (Fsp3) is 0.250. The Morgan fingerprint density at radius 1 is 1.27 bits per heavy atom. The fourth-order valence-corrected chi connectivity index (χ4v) is 3.20. The lowest BCUT2D eigenvalue weighted by Crippen LogP contribution is -2.11. The predicted molar refractivity (Wildman–Crippen MR) is 83.9 cm³/mol. The van der Waals surface area contributed by atoms with Crippen LogP contribution in [0.15, 0.2) is 35.7 Å². The molecule has 0 spiro atoms. The molecule has 2 N–H and O–H groups in total. The molecule has 1 saturated heterocycles. The molecule has 1 aliphatic heterocycles. The zero-order valence-electron chi connectivity index (χ0n) is 11.7. The van der Waals surface area contributed by atoms with Gasteiger partial charge in [0.2, 0.25) is 0 Å². The van der Waals surface area contributed by atoms with Crippen LogP contribution in [0.25, 0.3) is 0 Å². The highest BCUT2D eigenvalue weighted by Gasteiger charge is 2.19. The Balaban J connectivity index is 1.73. The van der Waals surface area contributed by atoms with E-state index in [4.69, 9.17) is 9.84 Å². The smallest absolute Gasteiger partial charge is 0.336 e. The number of carboxylic acid groups (broad SMARTS) is 1.